The molecule has 0 aromatic heterocycles. The monoisotopic (exact) mass is 925 g/mol. The zero-order valence-corrected chi connectivity index (χ0v) is 40.1. The van der Waals surface area contributed by atoms with Crippen molar-refractivity contribution in [1.82, 2.24) is 4.72 Å². The second-order valence-corrected chi connectivity index (χ2v) is 17.9. The fourth-order valence-corrected chi connectivity index (χ4v) is 8.41. The minimum atomic E-state index is -4.43. The smallest absolute Gasteiger partial charge is 0.462 e. The average molecular weight is 926 g/mol. The molecule has 2 unspecified atom stereocenters. The Kier molecular flexibility index (Phi) is 30.9. The number of allylic oxidation sites excluding steroid dienone is 1. The van der Waals surface area contributed by atoms with Crippen molar-refractivity contribution in [2.45, 2.75) is 172 Å². The predicted molar refractivity (Wildman–Crippen MR) is 219 cm³/mol. The molecule has 0 radical (unpaired) electrons. The Balaban J connectivity index is 0.0000186. The number of unbranched alkanes of at least 4 members (excludes halogenated alkanes) is 13. The minimum Gasteiger partial charge on any atom is -0.462 e. The SMILES string of the molecule is CC(=O)OC[C@H](COP(=O)(O)OCCN)OC(=O)/C=C/CCCCC[C@H]1O[C@]2(CCCCCCCCCCCCCOCC(CO)NS(=O)(=O)O)CC[C@@H](OC(C)=O)[C@@H]1O2.[Na+]. The molecule has 2 aliphatic heterocycles. The molecule has 0 amide bonds. The van der Waals surface area contributed by atoms with Gasteiger partial charge < -0.3 is 44.2 Å². The molecule has 0 aromatic rings. The standard InChI is InChI=1S/C39H71N2O17PS.Na/c1-31(43)52-29-34(30-54-59(46,47)53-26-24-40)56-37(45)20-16-12-10-11-15-19-36-38-35(55-32(2)44)21-23-39(57-36,58-38)22-17-13-8-6-4-3-5-7-9-14-18-25-51-28-33(27-42)41-60(48,49)50;/h16,20,33-36,38,41-42H,3-15,17-19,21-30,40H2,1-2H3,(H,46,47)(H,48,49,50);/q;+1/b20-16+;/t33?,34-,35-,36-,38+,39+;/m1./s1. The van der Waals surface area contributed by atoms with E-state index in [4.69, 9.17) is 48.3 Å². The molecule has 2 rings (SSSR count). The van der Waals surface area contributed by atoms with E-state index in [1.165, 1.54) is 45.6 Å². The summed E-state index contributed by atoms with van der Waals surface area (Å²) in [6.45, 7) is 1.48. The molecule has 19 nitrogen and oxygen atoms in total. The Morgan fingerprint density at radius 2 is 1.52 bits per heavy atom. The van der Waals surface area contributed by atoms with Gasteiger partial charge in [-0.15, -0.1) is 0 Å². The first kappa shape index (κ1) is 57.9. The summed E-state index contributed by atoms with van der Waals surface area (Å²) in [5.41, 5.74) is 5.27. The van der Waals surface area contributed by atoms with Crippen LogP contribution in [0.25, 0.3) is 0 Å². The topological polar surface area (TPSA) is 275 Å². The number of nitrogens with two attached hydrogens (primary N) is 1. The number of aliphatic hydroxyl groups is 1. The van der Waals surface area contributed by atoms with Gasteiger partial charge in [0.1, 0.15) is 18.8 Å². The Morgan fingerprint density at radius 1 is 0.885 bits per heavy atom. The van der Waals surface area contributed by atoms with Crippen molar-refractivity contribution >= 4 is 36.0 Å². The maximum absolute atomic E-state index is 12.4. The predicted octanol–water partition coefficient (Wildman–Crippen LogP) is 1.72. The molecule has 2 saturated heterocycles. The van der Waals surface area contributed by atoms with Gasteiger partial charge in [0, 0.05) is 45.9 Å². The Hall–Kier alpha value is -1.07. The van der Waals surface area contributed by atoms with Gasteiger partial charge in [0.25, 0.3) is 0 Å². The van der Waals surface area contributed by atoms with E-state index >= 15 is 0 Å². The number of rotatable bonds is 36. The molecule has 0 aliphatic carbocycles. The third-order valence-electron chi connectivity index (χ3n) is 9.94. The molecule has 2 bridgehead atoms. The zero-order chi connectivity index (χ0) is 44.3. The summed E-state index contributed by atoms with van der Waals surface area (Å²) in [6, 6.07) is -0.862. The van der Waals surface area contributed by atoms with Gasteiger partial charge in [-0.2, -0.15) is 13.1 Å². The number of aliphatic hydroxyl groups excluding tert-OH is 1. The van der Waals surface area contributed by atoms with Crippen LogP contribution < -0.4 is 40.0 Å². The summed E-state index contributed by atoms with van der Waals surface area (Å²) in [5.74, 6) is -2.34. The fourth-order valence-electron chi connectivity index (χ4n) is 7.09. The number of ether oxygens (including phenoxy) is 6. The van der Waals surface area contributed by atoms with Crippen molar-refractivity contribution in [3.63, 3.8) is 0 Å². The quantitative estimate of drug-likeness (QED) is 0.0114. The van der Waals surface area contributed by atoms with E-state index in [1.807, 2.05) is 4.72 Å². The summed E-state index contributed by atoms with van der Waals surface area (Å²) in [7, 11) is -8.80. The van der Waals surface area contributed by atoms with E-state index < -0.39 is 61.2 Å². The molecule has 6 N–H and O–H groups in total. The second kappa shape index (κ2) is 32.6. The molecule has 7 atom stereocenters. The number of hydrogen-bond acceptors (Lipinski definition) is 16. The van der Waals surface area contributed by atoms with Crippen LogP contribution in [0, 0.1) is 0 Å². The summed E-state index contributed by atoms with van der Waals surface area (Å²) >= 11 is 0. The van der Waals surface area contributed by atoms with Gasteiger partial charge in [-0.3, -0.25) is 23.2 Å². The zero-order valence-electron chi connectivity index (χ0n) is 36.4. The van der Waals surface area contributed by atoms with Gasteiger partial charge in [-0.25, -0.2) is 9.36 Å². The van der Waals surface area contributed by atoms with Gasteiger partial charge >= 0.3 is 65.6 Å². The molecule has 61 heavy (non-hydrogen) atoms. The van der Waals surface area contributed by atoms with E-state index in [0.717, 1.165) is 77.0 Å². The number of carbonyl (C=O) groups is 3. The average Bonchev–Trinajstić information content (AvgIpc) is 3.48. The van der Waals surface area contributed by atoms with Crippen LogP contribution in [0.1, 0.15) is 136 Å². The minimum absolute atomic E-state index is 0. The molecule has 22 heteroatoms. The van der Waals surface area contributed by atoms with E-state index in [0.29, 0.717) is 25.9 Å². The first-order chi connectivity index (χ1) is 28.6. The van der Waals surface area contributed by atoms with Crippen LogP contribution in [0.15, 0.2) is 12.2 Å². The van der Waals surface area contributed by atoms with Crippen LogP contribution in [0.2, 0.25) is 0 Å². The molecule has 0 aromatic carbocycles. The van der Waals surface area contributed by atoms with Gasteiger partial charge in [0.05, 0.1) is 38.6 Å². The Bertz CT molecular complexity index is 1430. The Labute approximate surface area is 384 Å². The molecule has 0 spiro atoms. The van der Waals surface area contributed by atoms with Crippen molar-refractivity contribution in [3.8, 4) is 0 Å². The van der Waals surface area contributed by atoms with E-state index in [1.54, 1.807) is 6.08 Å². The molecule has 2 heterocycles. The van der Waals surface area contributed by atoms with Crippen molar-refractivity contribution in [2.75, 3.05) is 46.2 Å². The van der Waals surface area contributed by atoms with Crippen LogP contribution in [0.4, 0.5) is 0 Å². The normalized spacial score (nSPS) is 22.0. The fraction of sp³-hybridized carbons (Fsp3) is 0.872. The molecule has 350 valence electrons. The number of hydrogen-bond donors (Lipinski definition) is 5. The number of esters is 3. The molecular formula is C39H71N2NaO17PS+. The van der Waals surface area contributed by atoms with Crippen molar-refractivity contribution in [3.05, 3.63) is 12.2 Å². The van der Waals surface area contributed by atoms with Gasteiger partial charge in [-0.1, -0.05) is 76.7 Å². The third kappa shape index (κ3) is 27.8. The van der Waals surface area contributed by atoms with Gasteiger partial charge in [0.2, 0.25) is 0 Å². The Morgan fingerprint density at radius 3 is 2.13 bits per heavy atom. The van der Waals surface area contributed by atoms with Crippen LogP contribution in [0.5, 0.6) is 0 Å². The molecule has 2 fully saturated rings. The van der Waals surface area contributed by atoms with E-state index in [-0.39, 0.29) is 80.2 Å². The summed E-state index contributed by atoms with van der Waals surface area (Å²) in [6.07, 6.45) is 19.0. The number of nitrogens with one attached hydrogen (secondary N) is 1. The van der Waals surface area contributed by atoms with Crippen LogP contribution >= 0.6 is 7.82 Å². The number of carbonyl (C=O) groups excluding carboxylic acids is 3. The summed E-state index contributed by atoms with van der Waals surface area (Å²) in [5, 5.41) is 9.15. The van der Waals surface area contributed by atoms with Crippen LogP contribution in [-0.2, 0) is 66.7 Å². The second-order valence-electron chi connectivity index (χ2n) is 15.3. The third-order valence-corrected chi connectivity index (χ3v) is 11.6. The van der Waals surface area contributed by atoms with Crippen LogP contribution in [0.3, 0.4) is 0 Å². The number of fused-ring (bicyclic) bond motifs is 2. The maximum Gasteiger partial charge on any atom is 1.00 e. The van der Waals surface area contributed by atoms with Crippen molar-refractivity contribution < 1.29 is 109 Å². The van der Waals surface area contributed by atoms with Gasteiger partial charge in [-0.05, 0) is 38.5 Å². The largest absolute Gasteiger partial charge is 1.00 e. The maximum atomic E-state index is 12.4. The van der Waals surface area contributed by atoms with Crippen molar-refractivity contribution in [2.24, 2.45) is 5.73 Å². The first-order valence-corrected chi connectivity index (χ1v) is 24.3. The molecule has 0 saturated carbocycles. The van der Waals surface area contributed by atoms with Crippen molar-refractivity contribution in [1.29, 1.82) is 0 Å². The first-order valence-electron chi connectivity index (χ1n) is 21.4. The van der Waals surface area contributed by atoms with Gasteiger partial charge in [0.15, 0.2) is 11.9 Å². The van der Waals surface area contributed by atoms with E-state index in [9.17, 15) is 32.3 Å². The summed E-state index contributed by atoms with van der Waals surface area (Å²) in [4.78, 5) is 45.2. The van der Waals surface area contributed by atoms with Crippen LogP contribution in [-0.4, -0.2) is 123 Å². The molecular weight excluding hydrogens is 854 g/mol. The number of phosphoric acid groups is 1. The van der Waals surface area contributed by atoms with E-state index in [2.05, 4.69) is 4.52 Å². The number of phosphoric ester groups is 1. The summed E-state index contributed by atoms with van der Waals surface area (Å²) < 4.78 is 88.1. The molecule has 2 aliphatic rings.